The minimum absolute atomic E-state index is 0.108. The van der Waals surface area contributed by atoms with Gasteiger partial charge in [-0.25, -0.2) is 4.98 Å². The lowest BCUT2D eigenvalue weighted by atomic mass is 9.84. The number of aromatic nitrogens is 2. The molecule has 0 fully saturated rings. The molecule has 1 aromatic rings. The van der Waals surface area contributed by atoms with Crippen LogP contribution in [0, 0.1) is 5.41 Å². The van der Waals surface area contributed by atoms with Gasteiger partial charge in [-0.15, -0.1) is 0 Å². The number of hydrogen-bond acceptors (Lipinski definition) is 3. The molecule has 0 radical (unpaired) electrons. The molecular weight excluding hydrogens is 202 g/mol. The number of carbonyl (C=O) groups excluding carboxylic acids is 1. The van der Waals surface area contributed by atoms with Gasteiger partial charge in [0.2, 0.25) is 0 Å². The first kappa shape index (κ1) is 12.9. The van der Waals surface area contributed by atoms with Crippen LogP contribution < -0.4 is 0 Å². The molecular formula is C12H21N3O. The van der Waals surface area contributed by atoms with Gasteiger partial charge in [0.15, 0.2) is 5.78 Å². The standard InChI is InChI=1S/C12H21N3O/c1-12(2,3)11(16)10(15(4)5)6-9-7-13-8-14-9/h7-8,10H,6H2,1-5H3,(H,13,14)/t10-/m0/s1. The Kier molecular flexibility index (Phi) is 3.86. The largest absolute Gasteiger partial charge is 0.351 e. The number of Topliss-reactive ketones (excluding diaryl/α,β-unsaturated/α-hetero) is 1. The first-order valence-corrected chi connectivity index (χ1v) is 5.51. The normalized spacial score (nSPS) is 14.1. The number of likely N-dealkylation sites (N-methyl/N-ethyl adjacent to an activating group) is 1. The molecule has 1 atom stereocenters. The van der Waals surface area contributed by atoms with E-state index in [1.807, 2.05) is 46.0 Å². The Balaban J connectivity index is 2.80. The van der Waals surface area contributed by atoms with E-state index in [-0.39, 0.29) is 17.2 Å². The molecule has 0 unspecified atom stereocenters. The molecule has 4 nitrogen and oxygen atoms in total. The zero-order chi connectivity index (χ0) is 12.3. The van der Waals surface area contributed by atoms with Crippen LogP contribution >= 0.6 is 0 Å². The van der Waals surface area contributed by atoms with Crippen molar-refractivity contribution in [3.8, 4) is 0 Å². The van der Waals surface area contributed by atoms with Crippen molar-refractivity contribution in [2.24, 2.45) is 5.41 Å². The van der Waals surface area contributed by atoms with E-state index >= 15 is 0 Å². The first-order chi connectivity index (χ1) is 7.32. The molecule has 0 amide bonds. The Labute approximate surface area is 97.1 Å². The highest BCUT2D eigenvalue weighted by atomic mass is 16.1. The van der Waals surface area contributed by atoms with Crippen molar-refractivity contribution in [1.29, 1.82) is 0 Å². The average molecular weight is 223 g/mol. The van der Waals surface area contributed by atoms with E-state index in [9.17, 15) is 4.79 Å². The second-order valence-corrected chi connectivity index (χ2v) is 5.36. The van der Waals surface area contributed by atoms with Gasteiger partial charge in [-0.3, -0.25) is 9.69 Å². The lowest BCUT2D eigenvalue weighted by molar-refractivity contribution is -0.130. The third kappa shape index (κ3) is 3.17. The first-order valence-electron chi connectivity index (χ1n) is 5.51. The molecule has 0 spiro atoms. The van der Waals surface area contributed by atoms with E-state index in [0.29, 0.717) is 6.42 Å². The summed E-state index contributed by atoms with van der Waals surface area (Å²) in [6.45, 7) is 5.86. The van der Waals surface area contributed by atoms with Crippen LogP contribution in [0.15, 0.2) is 12.5 Å². The molecule has 0 aliphatic carbocycles. The zero-order valence-corrected chi connectivity index (χ0v) is 10.7. The summed E-state index contributed by atoms with van der Waals surface area (Å²) in [6, 6.07) is -0.108. The van der Waals surface area contributed by atoms with E-state index in [1.165, 1.54) is 0 Å². The van der Waals surface area contributed by atoms with E-state index in [0.717, 1.165) is 5.69 Å². The topological polar surface area (TPSA) is 49.0 Å². The molecule has 1 aromatic heterocycles. The van der Waals surface area contributed by atoms with Crippen LogP contribution in [0.3, 0.4) is 0 Å². The average Bonchev–Trinajstić information content (AvgIpc) is 2.63. The summed E-state index contributed by atoms with van der Waals surface area (Å²) in [5.41, 5.74) is 0.613. The lowest BCUT2D eigenvalue weighted by Crippen LogP contribution is -2.43. The van der Waals surface area contributed by atoms with Gasteiger partial charge in [-0.2, -0.15) is 0 Å². The molecule has 0 aliphatic heterocycles. The Morgan fingerprint density at radius 3 is 2.50 bits per heavy atom. The Hall–Kier alpha value is -1.16. The number of ketones is 1. The summed E-state index contributed by atoms with van der Waals surface area (Å²) >= 11 is 0. The van der Waals surface area contributed by atoms with Gasteiger partial charge in [0, 0.05) is 18.0 Å². The number of rotatable bonds is 4. The van der Waals surface area contributed by atoms with Gasteiger partial charge in [-0.05, 0) is 14.1 Å². The lowest BCUT2D eigenvalue weighted by Gasteiger charge is -2.28. The molecule has 0 bridgehead atoms. The van der Waals surface area contributed by atoms with Crippen molar-refractivity contribution in [3.05, 3.63) is 18.2 Å². The zero-order valence-electron chi connectivity index (χ0n) is 10.7. The maximum absolute atomic E-state index is 12.3. The quantitative estimate of drug-likeness (QED) is 0.841. The number of imidazole rings is 1. The maximum atomic E-state index is 12.3. The number of nitrogens with zero attached hydrogens (tertiary/aromatic N) is 2. The molecule has 90 valence electrons. The summed E-state index contributed by atoms with van der Waals surface area (Å²) in [5.74, 6) is 0.250. The molecule has 0 aliphatic rings. The third-order valence-electron chi connectivity index (χ3n) is 2.62. The molecule has 0 saturated heterocycles. The Bertz CT molecular complexity index is 336. The highest BCUT2D eigenvalue weighted by Gasteiger charge is 2.31. The number of aromatic amines is 1. The molecule has 16 heavy (non-hydrogen) atoms. The van der Waals surface area contributed by atoms with E-state index < -0.39 is 0 Å². The monoisotopic (exact) mass is 223 g/mol. The van der Waals surface area contributed by atoms with Crippen LogP contribution in [0.25, 0.3) is 0 Å². The SMILES string of the molecule is CN(C)[C@@H](Cc1c[nH]cn1)C(=O)C(C)(C)C. The molecule has 0 aromatic carbocycles. The maximum Gasteiger partial charge on any atom is 0.155 e. The number of carbonyl (C=O) groups is 1. The molecule has 0 saturated carbocycles. The summed E-state index contributed by atoms with van der Waals surface area (Å²) in [5, 5.41) is 0. The summed E-state index contributed by atoms with van der Waals surface area (Å²) in [4.78, 5) is 21.3. The number of nitrogens with one attached hydrogen (secondary N) is 1. The smallest absolute Gasteiger partial charge is 0.155 e. The minimum Gasteiger partial charge on any atom is -0.351 e. The van der Waals surface area contributed by atoms with Crippen molar-refractivity contribution in [2.75, 3.05) is 14.1 Å². The Morgan fingerprint density at radius 1 is 1.50 bits per heavy atom. The van der Waals surface area contributed by atoms with Crippen molar-refractivity contribution in [2.45, 2.75) is 33.2 Å². The van der Waals surface area contributed by atoms with E-state index in [2.05, 4.69) is 9.97 Å². The van der Waals surface area contributed by atoms with Crippen LogP contribution in [-0.2, 0) is 11.2 Å². The highest BCUT2D eigenvalue weighted by molar-refractivity contribution is 5.88. The van der Waals surface area contributed by atoms with Crippen LogP contribution in [0.4, 0.5) is 0 Å². The Morgan fingerprint density at radius 2 is 2.12 bits per heavy atom. The molecule has 4 heteroatoms. The summed E-state index contributed by atoms with van der Waals surface area (Å²) < 4.78 is 0. The third-order valence-corrected chi connectivity index (χ3v) is 2.62. The van der Waals surface area contributed by atoms with Gasteiger partial charge in [-0.1, -0.05) is 20.8 Å². The van der Waals surface area contributed by atoms with Gasteiger partial charge in [0.05, 0.1) is 18.1 Å². The molecule has 1 heterocycles. The predicted octanol–water partition coefficient (Wildman–Crippen LogP) is 1.50. The molecule has 1 N–H and O–H groups in total. The summed E-state index contributed by atoms with van der Waals surface area (Å²) in [6.07, 6.45) is 4.14. The van der Waals surface area contributed by atoms with Gasteiger partial charge in [0.25, 0.3) is 0 Å². The van der Waals surface area contributed by atoms with Crippen LogP contribution in [0.5, 0.6) is 0 Å². The van der Waals surface area contributed by atoms with Gasteiger partial charge >= 0.3 is 0 Å². The fourth-order valence-corrected chi connectivity index (χ4v) is 1.61. The van der Waals surface area contributed by atoms with E-state index in [1.54, 1.807) is 6.33 Å². The molecule has 1 rings (SSSR count). The van der Waals surface area contributed by atoms with Crippen LogP contribution in [-0.4, -0.2) is 40.8 Å². The predicted molar refractivity (Wildman–Crippen MR) is 64.2 cm³/mol. The number of H-pyrrole nitrogens is 1. The van der Waals surface area contributed by atoms with Crippen molar-refractivity contribution >= 4 is 5.78 Å². The van der Waals surface area contributed by atoms with Crippen molar-refractivity contribution in [3.63, 3.8) is 0 Å². The second-order valence-electron chi connectivity index (χ2n) is 5.36. The van der Waals surface area contributed by atoms with Crippen LogP contribution in [0.1, 0.15) is 26.5 Å². The van der Waals surface area contributed by atoms with E-state index in [4.69, 9.17) is 0 Å². The highest BCUT2D eigenvalue weighted by Crippen LogP contribution is 2.20. The van der Waals surface area contributed by atoms with Gasteiger partial charge < -0.3 is 4.98 Å². The van der Waals surface area contributed by atoms with Crippen LogP contribution in [0.2, 0.25) is 0 Å². The minimum atomic E-state index is -0.314. The fraction of sp³-hybridized carbons (Fsp3) is 0.667. The number of hydrogen-bond donors (Lipinski definition) is 1. The summed E-state index contributed by atoms with van der Waals surface area (Å²) in [7, 11) is 3.86. The van der Waals surface area contributed by atoms with Gasteiger partial charge in [0.1, 0.15) is 0 Å². The fourth-order valence-electron chi connectivity index (χ4n) is 1.61. The van der Waals surface area contributed by atoms with Crippen molar-refractivity contribution < 1.29 is 4.79 Å². The second kappa shape index (κ2) is 4.78. The van der Waals surface area contributed by atoms with Crippen molar-refractivity contribution in [1.82, 2.24) is 14.9 Å².